The third-order valence-electron chi connectivity index (χ3n) is 5.31. The zero-order valence-electron chi connectivity index (χ0n) is 14.5. The van der Waals surface area contributed by atoms with E-state index in [4.69, 9.17) is 4.74 Å². The van der Waals surface area contributed by atoms with Crippen molar-refractivity contribution < 1.29 is 14.6 Å². The highest BCUT2D eigenvalue weighted by Crippen LogP contribution is 2.53. The van der Waals surface area contributed by atoms with E-state index < -0.39 is 9.85 Å². The number of non-ortho nitro benzene ring substituents is 2. The fraction of sp³-hybridized carbons (Fsp3) is 0.263. The number of nitrogens with one attached hydrogen (secondary N) is 1. The van der Waals surface area contributed by atoms with E-state index in [0.29, 0.717) is 5.75 Å². The van der Waals surface area contributed by atoms with Crippen molar-refractivity contribution in [2.75, 3.05) is 12.4 Å². The molecule has 0 aromatic heterocycles. The average molecular weight is 367 g/mol. The van der Waals surface area contributed by atoms with Gasteiger partial charge in [0.25, 0.3) is 11.4 Å². The lowest BCUT2D eigenvalue weighted by atomic mass is 9.76. The van der Waals surface area contributed by atoms with Crippen molar-refractivity contribution in [2.24, 2.45) is 5.92 Å². The standard InChI is InChI=1S/C19H17N3O5/c1-27-17-10-13(22(25)26)9-16-14-3-2-4-15(14)18(20-19(16)17)11-5-7-12(8-6-11)21(23)24/h2-3,5-10,14-15,18,20H,4H2,1H3/t14-,15-,18-/m1/s1. The first-order valence-corrected chi connectivity index (χ1v) is 8.53. The first kappa shape index (κ1) is 17.0. The van der Waals surface area contributed by atoms with Gasteiger partial charge in [0.2, 0.25) is 0 Å². The lowest BCUT2D eigenvalue weighted by Gasteiger charge is -2.38. The van der Waals surface area contributed by atoms with Crippen LogP contribution in [0.4, 0.5) is 17.1 Å². The predicted octanol–water partition coefficient (Wildman–Crippen LogP) is 4.34. The molecule has 2 aromatic carbocycles. The molecule has 3 atom stereocenters. The Morgan fingerprint density at radius 2 is 1.78 bits per heavy atom. The summed E-state index contributed by atoms with van der Waals surface area (Å²) in [6.45, 7) is 0. The van der Waals surface area contributed by atoms with Crippen LogP contribution in [0.2, 0.25) is 0 Å². The maximum atomic E-state index is 11.3. The number of allylic oxidation sites excluding steroid dienone is 2. The summed E-state index contributed by atoms with van der Waals surface area (Å²) >= 11 is 0. The number of nitrogens with zero attached hydrogens (tertiary/aromatic N) is 2. The highest BCUT2D eigenvalue weighted by Gasteiger charge is 2.40. The summed E-state index contributed by atoms with van der Waals surface area (Å²) in [5.74, 6) is 0.616. The number of rotatable bonds is 4. The van der Waals surface area contributed by atoms with Gasteiger partial charge in [-0.05, 0) is 23.5 Å². The molecule has 0 spiro atoms. The van der Waals surface area contributed by atoms with Crippen LogP contribution in [0, 0.1) is 26.1 Å². The quantitative estimate of drug-likeness (QED) is 0.489. The molecule has 0 saturated carbocycles. The largest absolute Gasteiger partial charge is 0.494 e. The Morgan fingerprint density at radius 3 is 2.41 bits per heavy atom. The number of nitro benzene ring substituents is 2. The second kappa shape index (κ2) is 6.39. The summed E-state index contributed by atoms with van der Waals surface area (Å²) in [4.78, 5) is 21.4. The zero-order chi connectivity index (χ0) is 19.1. The summed E-state index contributed by atoms with van der Waals surface area (Å²) in [5, 5.41) is 25.7. The molecule has 1 aliphatic carbocycles. The molecular weight excluding hydrogens is 350 g/mol. The van der Waals surface area contributed by atoms with Gasteiger partial charge < -0.3 is 10.1 Å². The molecule has 2 aromatic rings. The summed E-state index contributed by atoms with van der Waals surface area (Å²) in [7, 11) is 1.48. The number of hydrogen-bond acceptors (Lipinski definition) is 6. The van der Waals surface area contributed by atoms with Crippen LogP contribution < -0.4 is 10.1 Å². The SMILES string of the molecule is COc1cc([N+](=O)[O-])cc2c1N[C@H](c1ccc([N+](=O)[O-])cc1)[C@@H]1CC=C[C@@H]21. The normalized spacial score (nSPS) is 22.5. The maximum Gasteiger partial charge on any atom is 0.273 e. The summed E-state index contributed by atoms with van der Waals surface area (Å²) < 4.78 is 5.41. The molecule has 138 valence electrons. The minimum absolute atomic E-state index is 0.000218. The lowest BCUT2D eigenvalue weighted by molar-refractivity contribution is -0.385. The van der Waals surface area contributed by atoms with Crippen molar-refractivity contribution in [2.45, 2.75) is 18.4 Å². The topological polar surface area (TPSA) is 108 Å². The number of hydrogen-bond donors (Lipinski definition) is 1. The molecular formula is C19H17N3O5. The molecule has 0 unspecified atom stereocenters. The van der Waals surface area contributed by atoms with E-state index in [-0.39, 0.29) is 29.3 Å². The van der Waals surface area contributed by atoms with Crippen LogP contribution >= 0.6 is 0 Å². The molecule has 1 heterocycles. The molecule has 8 nitrogen and oxygen atoms in total. The van der Waals surface area contributed by atoms with Crippen molar-refractivity contribution in [3.8, 4) is 5.75 Å². The zero-order valence-corrected chi connectivity index (χ0v) is 14.5. The summed E-state index contributed by atoms with van der Waals surface area (Å²) in [5.41, 5.74) is 2.56. The van der Waals surface area contributed by atoms with Gasteiger partial charge in [0.05, 0.1) is 34.8 Å². The van der Waals surface area contributed by atoms with E-state index in [1.54, 1.807) is 18.2 Å². The molecule has 1 aliphatic heterocycles. The van der Waals surface area contributed by atoms with Crippen molar-refractivity contribution in [3.63, 3.8) is 0 Å². The molecule has 4 rings (SSSR count). The molecule has 0 saturated heterocycles. The van der Waals surface area contributed by atoms with E-state index in [9.17, 15) is 20.2 Å². The van der Waals surface area contributed by atoms with E-state index in [2.05, 4.69) is 17.5 Å². The molecule has 0 bridgehead atoms. The van der Waals surface area contributed by atoms with Crippen molar-refractivity contribution in [3.05, 3.63) is 79.9 Å². The Hall–Kier alpha value is -3.42. The first-order valence-electron chi connectivity index (χ1n) is 8.53. The number of benzene rings is 2. The lowest BCUT2D eigenvalue weighted by Crippen LogP contribution is -2.29. The first-order chi connectivity index (χ1) is 13.0. The fourth-order valence-electron chi connectivity index (χ4n) is 4.05. The van der Waals surface area contributed by atoms with Crippen molar-refractivity contribution in [1.82, 2.24) is 0 Å². The highest BCUT2D eigenvalue weighted by atomic mass is 16.6. The second-order valence-electron chi connectivity index (χ2n) is 6.69. The van der Waals surface area contributed by atoms with Crippen molar-refractivity contribution >= 4 is 17.1 Å². The van der Waals surface area contributed by atoms with Crippen LogP contribution in [-0.2, 0) is 0 Å². The Kier molecular flexibility index (Phi) is 4.02. The minimum Gasteiger partial charge on any atom is -0.494 e. The smallest absolute Gasteiger partial charge is 0.273 e. The van der Waals surface area contributed by atoms with Gasteiger partial charge >= 0.3 is 0 Å². The Morgan fingerprint density at radius 1 is 1.07 bits per heavy atom. The van der Waals surface area contributed by atoms with Gasteiger partial charge in [-0.3, -0.25) is 20.2 Å². The fourth-order valence-corrected chi connectivity index (χ4v) is 4.05. The van der Waals surface area contributed by atoms with Crippen molar-refractivity contribution in [1.29, 1.82) is 0 Å². The minimum atomic E-state index is -0.421. The molecule has 8 heteroatoms. The monoisotopic (exact) mass is 367 g/mol. The summed E-state index contributed by atoms with van der Waals surface area (Å²) in [6.07, 6.45) is 4.98. The average Bonchev–Trinajstić information content (AvgIpc) is 3.16. The molecule has 27 heavy (non-hydrogen) atoms. The molecule has 2 aliphatic rings. The predicted molar refractivity (Wildman–Crippen MR) is 99.1 cm³/mol. The maximum absolute atomic E-state index is 11.3. The number of nitro groups is 2. The number of fused-ring (bicyclic) bond motifs is 3. The highest BCUT2D eigenvalue weighted by molar-refractivity contribution is 5.71. The van der Waals surface area contributed by atoms with Crippen LogP contribution in [0.3, 0.4) is 0 Å². The van der Waals surface area contributed by atoms with E-state index in [1.165, 1.54) is 25.3 Å². The molecule has 0 amide bonds. The Labute approximate surface area is 154 Å². The Bertz CT molecular complexity index is 955. The van der Waals surface area contributed by atoms with Crippen LogP contribution in [0.5, 0.6) is 5.75 Å². The van der Waals surface area contributed by atoms with Crippen LogP contribution in [0.15, 0.2) is 48.6 Å². The van der Waals surface area contributed by atoms with Gasteiger partial charge in [0, 0.05) is 24.1 Å². The van der Waals surface area contributed by atoms with E-state index >= 15 is 0 Å². The van der Waals surface area contributed by atoms with E-state index in [0.717, 1.165) is 23.2 Å². The van der Waals surface area contributed by atoms with Gasteiger partial charge in [-0.25, -0.2) is 0 Å². The van der Waals surface area contributed by atoms with Gasteiger partial charge in [0.1, 0.15) is 5.75 Å². The molecule has 0 radical (unpaired) electrons. The van der Waals surface area contributed by atoms with Gasteiger partial charge in [-0.1, -0.05) is 24.3 Å². The number of methoxy groups -OCH3 is 1. The second-order valence-corrected chi connectivity index (χ2v) is 6.69. The Balaban J connectivity index is 1.79. The number of ether oxygens (including phenoxy) is 1. The van der Waals surface area contributed by atoms with Crippen LogP contribution in [0.25, 0.3) is 0 Å². The van der Waals surface area contributed by atoms with Gasteiger partial charge in [-0.2, -0.15) is 0 Å². The summed E-state index contributed by atoms with van der Waals surface area (Å²) in [6, 6.07) is 9.45. The third kappa shape index (κ3) is 2.79. The van der Waals surface area contributed by atoms with Crippen LogP contribution in [0.1, 0.15) is 29.5 Å². The molecule has 1 N–H and O–H groups in total. The third-order valence-corrected chi connectivity index (χ3v) is 5.31. The van der Waals surface area contributed by atoms with Gasteiger partial charge in [0.15, 0.2) is 0 Å². The van der Waals surface area contributed by atoms with Crippen LogP contribution in [-0.4, -0.2) is 17.0 Å². The van der Waals surface area contributed by atoms with Gasteiger partial charge in [-0.15, -0.1) is 0 Å². The number of anilines is 1. The molecule has 0 fully saturated rings. The van der Waals surface area contributed by atoms with E-state index in [1.807, 2.05) is 0 Å².